The molecule has 1 aromatic carbocycles. The number of non-ortho nitro benzene ring substituents is 1. The highest BCUT2D eigenvalue weighted by molar-refractivity contribution is 7.80. The Hall–Kier alpha value is -3.08. The van der Waals surface area contributed by atoms with Crippen molar-refractivity contribution >= 4 is 40.8 Å². The van der Waals surface area contributed by atoms with E-state index >= 15 is 0 Å². The molecule has 0 bridgehead atoms. The number of carbonyl (C=O) groups is 3. The molecule has 1 rings (SSSR count). The average molecular weight is 354 g/mol. The largest absolute Gasteiger partial charge is 0.469 e. The topological polar surface area (TPSA) is 140 Å². The molecule has 3 N–H and O–H groups in total. The highest BCUT2D eigenvalue weighted by Crippen LogP contribution is 2.11. The Balaban J connectivity index is 2.40. The van der Waals surface area contributed by atoms with E-state index in [-0.39, 0.29) is 29.2 Å². The van der Waals surface area contributed by atoms with Crippen LogP contribution in [0.15, 0.2) is 24.3 Å². The first kappa shape index (κ1) is 19.0. The number of nitro benzene ring substituents is 1. The number of esters is 1. The van der Waals surface area contributed by atoms with Gasteiger partial charge in [-0.2, -0.15) is 0 Å². The van der Waals surface area contributed by atoms with Gasteiger partial charge in [0.25, 0.3) is 11.6 Å². The molecule has 0 atom stereocenters. The summed E-state index contributed by atoms with van der Waals surface area (Å²) in [5.41, 5.74) is 4.54. The zero-order valence-electron chi connectivity index (χ0n) is 12.5. The first-order valence-electron chi connectivity index (χ1n) is 6.55. The Morgan fingerprint density at radius 1 is 1.17 bits per heavy atom. The first-order chi connectivity index (χ1) is 11.3. The van der Waals surface area contributed by atoms with Gasteiger partial charge in [0.1, 0.15) is 0 Å². The summed E-state index contributed by atoms with van der Waals surface area (Å²) in [6.07, 6.45) is -0.217. The minimum Gasteiger partial charge on any atom is -0.469 e. The van der Waals surface area contributed by atoms with Gasteiger partial charge >= 0.3 is 5.97 Å². The van der Waals surface area contributed by atoms with Crippen molar-refractivity contribution in [1.82, 2.24) is 16.2 Å². The van der Waals surface area contributed by atoms with E-state index in [1.807, 2.05) is 0 Å². The van der Waals surface area contributed by atoms with Crippen molar-refractivity contribution in [1.29, 1.82) is 0 Å². The van der Waals surface area contributed by atoms with Gasteiger partial charge in [-0.15, -0.1) is 0 Å². The van der Waals surface area contributed by atoms with Crippen molar-refractivity contribution in [2.45, 2.75) is 12.8 Å². The highest BCUT2D eigenvalue weighted by Gasteiger charge is 2.11. The first-order valence-corrected chi connectivity index (χ1v) is 6.95. The second-order valence-electron chi connectivity index (χ2n) is 4.34. The fourth-order valence-electron chi connectivity index (χ4n) is 1.46. The Kier molecular flexibility index (Phi) is 7.23. The standard InChI is InChI=1S/C13H14N4O6S/c1-23-11(19)7-6-10(18)14-13(24)16-15-12(20)8-2-4-9(5-3-8)17(21)22/h2-5H,6-7H2,1H3,(H,15,20)(H2,14,16,18,24). The molecule has 10 nitrogen and oxygen atoms in total. The monoisotopic (exact) mass is 354 g/mol. The van der Waals surface area contributed by atoms with Crippen molar-refractivity contribution in [3.05, 3.63) is 39.9 Å². The maximum absolute atomic E-state index is 11.8. The van der Waals surface area contributed by atoms with E-state index in [9.17, 15) is 24.5 Å². The van der Waals surface area contributed by atoms with E-state index in [1.165, 1.54) is 31.4 Å². The van der Waals surface area contributed by atoms with Crippen LogP contribution in [-0.4, -0.2) is 34.9 Å². The van der Waals surface area contributed by atoms with Gasteiger partial charge in [0, 0.05) is 24.1 Å². The molecule has 24 heavy (non-hydrogen) atoms. The number of carbonyl (C=O) groups excluding carboxylic acids is 3. The zero-order valence-corrected chi connectivity index (χ0v) is 13.3. The van der Waals surface area contributed by atoms with Crippen LogP contribution in [0.5, 0.6) is 0 Å². The summed E-state index contributed by atoms with van der Waals surface area (Å²) in [4.78, 5) is 44.1. The third-order valence-corrected chi connectivity index (χ3v) is 2.87. The van der Waals surface area contributed by atoms with Crippen LogP contribution >= 0.6 is 12.2 Å². The fourth-order valence-corrected chi connectivity index (χ4v) is 1.62. The van der Waals surface area contributed by atoms with E-state index < -0.39 is 22.7 Å². The van der Waals surface area contributed by atoms with E-state index in [1.54, 1.807) is 0 Å². The Bertz CT molecular complexity index is 661. The van der Waals surface area contributed by atoms with Crippen molar-refractivity contribution < 1.29 is 24.0 Å². The van der Waals surface area contributed by atoms with Crippen molar-refractivity contribution in [2.24, 2.45) is 0 Å². The van der Waals surface area contributed by atoms with Crippen LogP contribution in [0.4, 0.5) is 5.69 Å². The van der Waals surface area contributed by atoms with Crippen LogP contribution < -0.4 is 16.2 Å². The predicted octanol–water partition coefficient (Wildman–Crippen LogP) is 0.184. The molecule has 0 heterocycles. The summed E-state index contributed by atoms with van der Waals surface area (Å²) in [6.45, 7) is 0. The van der Waals surface area contributed by atoms with E-state index in [0.29, 0.717) is 0 Å². The van der Waals surface area contributed by atoms with Gasteiger partial charge in [-0.25, -0.2) is 0 Å². The SMILES string of the molecule is COC(=O)CCC(=O)NC(=S)NNC(=O)c1ccc([N+](=O)[O-])cc1. The van der Waals surface area contributed by atoms with Gasteiger partial charge in [-0.3, -0.25) is 35.3 Å². The van der Waals surface area contributed by atoms with Crippen molar-refractivity contribution in [2.75, 3.05) is 7.11 Å². The molecule has 1 aromatic rings. The van der Waals surface area contributed by atoms with E-state index in [4.69, 9.17) is 12.2 Å². The van der Waals surface area contributed by atoms with Crippen LogP contribution in [0, 0.1) is 10.1 Å². The molecule has 11 heteroatoms. The predicted molar refractivity (Wildman–Crippen MR) is 85.7 cm³/mol. The average Bonchev–Trinajstić information content (AvgIpc) is 2.57. The summed E-state index contributed by atoms with van der Waals surface area (Å²) in [6, 6.07) is 4.91. The lowest BCUT2D eigenvalue weighted by atomic mass is 10.2. The number of nitrogens with zero attached hydrogens (tertiary/aromatic N) is 1. The van der Waals surface area contributed by atoms with Crippen LogP contribution in [0.3, 0.4) is 0 Å². The molecular formula is C13H14N4O6S. The van der Waals surface area contributed by atoms with E-state index in [0.717, 1.165) is 0 Å². The van der Waals surface area contributed by atoms with Crippen LogP contribution in [0.25, 0.3) is 0 Å². The molecule has 0 fully saturated rings. The molecule has 0 aromatic heterocycles. The summed E-state index contributed by atoms with van der Waals surface area (Å²) in [7, 11) is 1.21. The normalized spacial score (nSPS) is 9.54. The molecule has 0 radical (unpaired) electrons. The van der Waals surface area contributed by atoms with Crippen LogP contribution in [-0.2, 0) is 14.3 Å². The third-order valence-electron chi connectivity index (χ3n) is 2.67. The Morgan fingerprint density at radius 3 is 2.33 bits per heavy atom. The molecule has 0 spiro atoms. The van der Waals surface area contributed by atoms with Crippen molar-refractivity contribution in [3.8, 4) is 0 Å². The summed E-state index contributed by atoms with van der Waals surface area (Å²) >= 11 is 4.80. The summed E-state index contributed by atoms with van der Waals surface area (Å²) in [5, 5.41) is 12.6. The number of nitrogens with one attached hydrogen (secondary N) is 3. The lowest BCUT2D eigenvalue weighted by Gasteiger charge is -2.10. The summed E-state index contributed by atoms with van der Waals surface area (Å²) in [5.74, 6) is -1.66. The highest BCUT2D eigenvalue weighted by atomic mass is 32.1. The third kappa shape index (κ3) is 6.36. The number of benzene rings is 1. The Morgan fingerprint density at radius 2 is 1.79 bits per heavy atom. The Labute approximate surface area is 141 Å². The number of thiocarbonyl (C=S) groups is 1. The summed E-state index contributed by atoms with van der Waals surface area (Å²) < 4.78 is 4.39. The second-order valence-corrected chi connectivity index (χ2v) is 4.74. The van der Waals surface area contributed by atoms with Crippen molar-refractivity contribution in [3.63, 3.8) is 0 Å². The van der Waals surface area contributed by atoms with Gasteiger partial charge < -0.3 is 10.1 Å². The number of ether oxygens (including phenoxy) is 1. The molecule has 0 aliphatic carbocycles. The van der Waals surface area contributed by atoms with Gasteiger partial charge in [0.05, 0.1) is 18.5 Å². The molecule has 128 valence electrons. The molecule has 0 saturated heterocycles. The minimum atomic E-state index is -0.601. The number of methoxy groups -OCH3 is 1. The van der Waals surface area contributed by atoms with E-state index in [2.05, 4.69) is 20.9 Å². The smallest absolute Gasteiger partial charge is 0.306 e. The number of rotatable bonds is 5. The maximum atomic E-state index is 11.8. The van der Waals surface area contributed by atoms with Gasteiger partial charge in [0.15, 0.2) is 5.11 Å². The lowest BCUT2D eigenvalue weighted by Crippen LogP contribution is -2.48. The zero-order chi connectivity index (χ0) is 18.1. The van der Waals surface area contributed by atoms with Gasteiger partial charge in [-0.05, 0) is 24.4 Å². The number of amides is 2. The fraction of sp³-hybridized carbons (Fsp3) is 0.231. The maximum Gasteiger partial charge on any atom is 0.306 e. The number of hydrazine groups is 1. The molecular weight excluding hydrogens is 340 g/mol. The van der Waals surface area contributed by atoms with Crippen LogP contribution in [0.2, 0.25) is 0 Å². The number of nitro groups is 1. The molecule has 0 aliphatic heterocycles. The molecule has 0 unspecified atom stereocenters. The number of hydrogen-bond acceptors (Lipinski definition) is 7. The molecule has 2 amide bonds. The van der Waals surface area contributed by atoms with Crippen LogP contribution in [0.1, 0.15) is 23.2 Å². The minimum absolute atomic E-state index is 0.0971. The quantitative estimate of drug-likeness (QED) is 0.294. The van der Waals surface area contributed by atoms with Gasteiger partial charge in [-0.1, -0.05) is 0 Å². The number of hydrogen-bond donors (Lipinski definition) is 3. The molecule has 0 saturated carbocycles. The second kappa shape index (κ2) is 9.15. The lowest BCUT2D eigenvalue weighted by molar-refractivity contribution is -0.384. The molecule has 0 aliphatic rings. The van der Waals surface area contributed by atoms with Gasteiger partial charge in [0.2, 0.25) is 5.91 Å².